The monoisotopic (exact) mass is 221 g/mol. The van der Waals surface area contributed by atoms with E-state index in [4.69, 9.17) is 4.42 Å². The van der Waals surface area contributed by atoms with Crippen LogP contribution in [0.25, 0.3) is 0 Å². The van der Waals surface area contributed by atoms with E-state index in [1.807, 2.05) is 20.2 Å². The van der Waals surface area contributed by atoms with Gasteiger partial charge in [0.2, 0.25) is 0 Å². The van der Waals surface area contributed by atoms with E-state index in [0.29, 0.717) is 12.3 Å². The Morgan fingerprint density at radius 2 is 2.44 bits per heavy atom. The highest BCUT2D eigenvalue weighted by atomic mass is 16.4. The number of nitrogens with one attached hydrogen (secondary N) is 1. The summed E-state index contributed by atoms with van der Waals surface area (Å²) in [6, 6.07) is 3.51. The maximum absolute atomic E-state index is 9.78. The van der Waals surface area contributed by atoms with Gasteiger partial charge in [-0.05, 0) is 19.1 Å². The molecule has 2 aromatic rings. The number of furan rings is 1. The first-order chi connectivity index (χ1) is 7.66. The average Bonchev–Trinajstić information content (AvgIpc) is 2.84. The van der Waals surface area contributed by atoms with Crippen molar-refractivity contribution < 1.29 is 9.52 Å². The molecule has 86 valence electrons. The van der Waals surface area contributed by atoms with E-state index in [9.17, 15) is 5.11 Å². The Morgan fingerprint density at radius 1 is 1.62 bits per heavy atom. The molecule has 0 aliphatic carbocycles. The van der Waals surface area contributed by atoms with Gasteiger partial charge in [0.05, 0.1) is 17.6 Å². The smallest absolute Gasteiger partial charge is 0.134 e. The number of aliphatic hydroxyl groups is 1. The third-order valence-corrected chi connectivity index (χ3v) is 2.37. The Balaban J connectivity index is 1.95. The van der Waals surface area contributed by atoms with Gasteiger partial charge in [0.25, 0.3) is 0 Å². The van der Waals surface area contributed by atoms with Crippen LogP contribution in [0.1, 0.15) is 17.6 Å². The number of nitrogens with zero attached hydrogens (tertiary/aromatic N) is 2. The first-order valence-electron chi connectivity index (χ1n) is 5.12. The van der Waals surface area contributed by atoms with Crippen molar-refractivity contribution in [2.75, 3.05) is 11.9 Å². The molecule has 0 aliphatic rings. The zero-order chi connectivity index (χ0) is 11.5. The van der Waals surface area contributed by atoms with E-state index in [0.717, 1.165) is 11.4 Å². The highest BCUT2D eigenvalue weighted by Gasteiger charge is 2.11. The molecule has 16 heavy (non-hydrogen) atoms. The van der Waals surface area contributed by atoms with Crippen molar-refractivity contribution in [1.29, 1.82) is 0 Å². The van der Waals surface area contributed by atoms with Crippen LogP contribution in [-0.4, -0.2) is 21.4 Å². The maximum Gasteiger partial charge on any atom is 0.134 e. The van der Waals surface area contributed by atoms with Crippen molar-refractivity contribution >= 4 is 5.69 Å². The molecule has 0 saturated heterocycles. The second-order valence-electron chi connectivity index (χ2n) is 3.71. The average molecular weight is 221 g/mol. The number of hydrogen-bond acceptors (Lipinski definition) is 4. The number of rotatable bonds is 4. The van der Waals surface area contributed by atoms with Gasteiger partial charge < -0.3 is 14.8 Å². The van der Waals surface area contributed by atoms with Gasteiger partial charge >= 0.3 is 0 Å². The van der Waals surface area contributed by atoms with E-state index in [-0.39, 0.29) is 0 Å². The molecular weight excluding hydrogens is 206 g/mol. The second-order valence-corrected chi connectivity index (χ2v) is 3.71. The van der Waals surface area contributed by atoms with Crippen LogP contribution in [-0.2, 0) is 7.05 Å². The van der Waals surface area contributed by atoms with Gasteiger partial charge in [-0.25, -0.2) is 0 Å². The van der Waals surface area contributed by atoms with E-state index in [1.165, 1.54) is 0 Å². The first kappa shape index (κ1) is 10.8. The fraction of sp³-hybridized carbons (Fsp3) is 0.364. The molecule has 2 heterocycles. The van der Waals surface area contributed by atoms with Gasteiger partial charge in [-0.1, -0.05) is 0 Å². The zero-order valence-electron chi connectivity index (χ0n) is 9.34. The van der Waals surface area contributed by atoms with Crippen LogP contribution in [0.5, 0.6) is 0 Å². The van der Waals surface area contributed by atoms with Crippen LogP contribution < -0.4 is 5.32 Å². The highest BCUT2D eigenvalue weighted by molar-refractivity contribution is 5.45. The number of hydrogen-bond donors (Lipinski definition) is 2. The molecule has 0 aliphatic heterocycles. The van der Waals surface area contributed by atoms with Crippen molar-refractivity contribution in [2.24, 2.45) is 7.05 Å². The molecule has 5 nitrogen and oxygen atoms in total. The van der Waals surface area contributed by atoms with Crippen LogP contribution in [0.3, 0.4) is 0 Å². The minimum atomic E-state index is -0.644. The number of aromatic nitrogens is 2. The lowest BCUT2D eigenvalue weighted by Crippen LogP contribution is -2.11. The van der Waals surface area contributed by atoms with Gasteiger partial charge in [0.15, 0.2) is 0 Å². The van der Waals surface area contributed by atoms with E-state index < -0.39 is 6.10 Å². The van der Waals surface area contributed by atoms with Crippen LogP contribution in [0.15, 0.2) is 29.0 Å². The second kappa shape index (κ2) is 4.40. The number of aryl methyl sites for hydroxylation is 2. The quantitative estimate of drug-likeness (QED) is 0.820. The summed E-state index contributed by atoms with van der Waals surface area (Å²) in [5.41, 5.74) is 1.84. The Bertz CT molecular complexity index is 448. The molecule has 5 heteroatoms. The predicted octanol–water partition coefficient (Wildman–Crippen LogP) is 1.47. The van der Waals surface area contributed by atoms with Crippen LogP contribution >= 0.6 is 0 Å². The van der Waals surface area contributed by atoms with Crippen molar-refractivity contribution in [1.82, 2.24) is 9.78 Å². The molecular formula is C11H15N3O2. The molecule has 2 rings (SSSR count). The minimum Gasteiger partial charge on any atom is -0.467 e. The molecule has 0 aromatic carbocycles. The normalized spacial score (nSPS) is 12.7. The first-order valence-corrected chi connectivity index (χ1v) is 5.12. The fourth-order valence-electron chi connectivity index (χ4n) is 1.56. The minimum absolute atomic E-state index is 0.403. The summed E-state index contributed by atoms with van der Waals surface area (Å²) < 4.78 is 6.84. The van der Waals surface area contributed by atoms with E-state index in [1.54, 1.807) is 23.1 Å². The molecule has 1 unspecified atom stereocenters. The maximum atomic E-state index is 9.78. The Labute approximate surface area is 93.7 Å². The van der Waals surface area contributed by atoms with Crippen LogP contribution in [0, 0.1) is 6.92 Å². The molecule has 0 amide bonds. The lowest BCUT2D eigenvalue weighted by molar-refractivity contribution is 0.162. The Morgan fingerprint density at radius 3 is 3.00 bits per heavy atom. The van der Waals surface area contributed by atoms with Crippen LogP contribution in [0.2, 0.25) is 0 Å². The molecule has 0 radical (unpaired) electrons. The summed E-state index contributed by atoms with van der Waals surface area (Å²) in [6.07, 6.45) is 2.78. The summed E-state index contributed by atoms with van der Waals surface area (Å²) >= 11 is 0. The van der Waals surface area contributed by atoms with Crippen molar-refractivity contribution in [3.05, 3.63) is 36.0 Å². The van der Waals surface area contributed by atoms with Crippen LogP contribution in [0.4, 0.5) is 5.69 Å². The molecule has 2 N–H and O–H groups in total. The third kappa shape index (κ3) is 2.25. The van der Waals surface area contributed by atoms with Crippen molar-refractivity contribution in [3.8, 4) is 0 Å². The van der Waals surface area contributed by atoms with E-state index >= 15 is 0 Å². The lowest BCUT2D eigenvalue weighted by Gasteiger charge is -2.09. The predicted molar refractivity (Wildman–Crippen MR) is 60.1 cm³/mol. The fourth-order valence-corrected chi connectivity index (χ4v) is 1.56. The summed E-state index contributed by atoms with van der Waals surface area (Å²) in [5.74, 6) is 0.564. The van der Waals surface area contributed by atoms with Crippen molar-refractivity contribution in [3.63, 3.8) is 0 Å². The standard InChI is InChI=1S/C11H15N3O2/c1-8-9(7-14(2)13-8)12-6-10(15)11-4-3-5-16-11/h3-5,7,10,12,15H,6H2,1-2H3. The number of aliphatic hydroxyl groups excluding tert-OH is 1. The van der Waals surface area contributed by atoms with Gasteiger partial charge in [0, 0.05) is 19.8 Å². The SMILES string of the molecule is Cc1nn(C)cc1NCC(O)c1ccco1. The largest absolute Gasteiger partial charge is 0.467 e. The van der Waals surface area contributed by atoms with Gasteiger partial charge in [-0.2, -0.15) is 5.10 Å². The molecule has 0 saturated carbocycles. The van der Waals surface area contributed by atoms with Crippen molar-refractivity contribution in [2.45, 2.75) is 13.0 Å². The highest BCUT2D eigenvalue weighted by Crippen LogP contribution is 2.16. The summed E-state index contributed by atoms with van der Waals surface area (Å²) in [5, 5.41) is 17.1. The lowest BCUT2D eigenvalue weighted by atomic mass is 10.2. The number of anilines is 1. The van der Waals surface area contributed by atoms with Gasteiger partial charge in [0.1, 0.15) is 11.9 Å². The topological polar surface area (TPSA) is 63.2 Å². The van der Waals surface area contributed by atoms with Gasteiger partial charge in [-0.3, -0.25) is 4.68 Å². The molecule has 2 aromatic heterocycles. The van der Waals surface area contributed by atoms with Gasteiger partial charge in [-0.15, -0.1) is 0 Å². The van der Waals surface area contributed by atoms with E-state index in [2.05, 4.69) is 10.4 Å². The Hall–Kier alpha value is -1.75. The summed E-state index contributed by atoms with van der Waals surface area (Å²) in [7, 11) is 1.86. The summed E-state index contributed by atoms with van der Waals surface area (Å²) in [4.78, 5) is 0. The zero-order valence-corrected chi connectivity index (χ0v) is 9.34. The molecule has 0 bridgehead atoms. The molecule has 1 atom stereocenters. The molecule has 0 spiro atoms. The summed E-state index contributed by atoms with van der Waals surface area (Å²) in [6.45, 7) is 2.32. The molecule has 0 fully saturated rings. The Kier molecular flexibility index (Phi) is 2.96. The third-order valence-electron chi connectivity index (χ3n) is 2.37.